The quantitative estimate of drug-likeness (QED) is 0.272. The molecule has 0 aromatic carbocycles. The summed E-state index contributed by atoms with van der Waals surface area (Å²) in [5.74, 6) is -1.75. The predicted molar refractivity (Wildman–Crippen MR) is 112 cm³/mol. The number of hydrogen-bond acceptors (Lipinski definition) is 3. The van der Waals surface area contributed by atoms with Crippen LogP contribution >= 0.6 is 0 Å². The monoisotopic (exact) mass is 393 g/mol. The number of carbonyl (C=O) groups is 3. The normalized spacial score (nSPS) is 17.0. The Bertz CT molecular complexity index is 501. The fraction of sp³-hybridized carbons (Fsp3) is 0.783. The highest BCUT2D eigenvalue weighted by Crippen LogP contribution is 2.21. The highest BCUT2D eigenvalue weighted by atomic mass is 16.4. The van der Waals surface area contributed by atoms with Crippen LogP contribution in [0.3, 0.4) is 0 Å². The van der Waals surface area contributed by atoms with Crippen LogP contribution in [0.1, 0.15) is 110 Å². The number of imide groups is 1. The van der Waals surface area contributed by atoms with Gasteiger partial charge in [0.1, 0.15) is 6.04 Å². The summed E-state index contributed by atoms with van der Waals surface area (Å²) in [6.07, 6.45) is 20.7. The van der Waals surface area contributed by atoms with Gasteiger partial charge in [-0.3, -0.25) is 14.5 Å². The molecule has 0 saturated carbocycles. The zero-order valence-electron chi connectivity index (χ0n) is 17.7. The zero-order valence-corrected chi connectivity index (χ0v) is 17.7. The predicted octanol–water partition coefficient (Wildman–Crippen LogP) is 5.63. The molecule has 0 bridgehead atoms. The third-order valence-electron chi connectivity index (χ3n) is 5.42. The minimum atomic E-state index is -1.08. The first-order valence-corrected chi connectivity index (χ1v) is 11.3. The van der Waals surface area contributed by atoms with Crippen molar-refractivity contribution >= 4 is 17.8 Å². The van der Waals surface area contributed by atoms with Crippen LogP contribution in [0.25, 0.3) is 0 Å². The van der Waals surface area contributed by atoms with Gasteiger partial charge in [0.05, 0.1) is 0 Å². The highest BCUT2D eigenvalue weighted by Gasteiger charge is 2.39. The lowest BCUT2D eigenvalue weighted by molar-refractivity contribution is -0.154. The van der Waals surface area contributed by atoms with Gasteiger partial charge in [0.2, 0.25) is 11.8 Å². The molecule has 1 aliphatic rings. The maximum Gasteiger partial charge on any atom is 0.326 e. The molecule has 1 heterocycles. The number of carbonyl (C=O) groups excluding carboxylic acids is 2. The molecule has 5 nitrogen and oxygen atoms in total. The summed E-state index contributed by atoms with van der Waals surface area (Å²) >= 11 is 0. The Balaban J connectivity index is 1.96. The Labute approximate surface area is 170 Å². The number of carboxylic acid groups (broad SMARTS) is 1. The van der Waals surface area contributed by atoms with E-state index in [1.807, 2.05) is 0 Å². The van der Waals surface area contributed by atoms with Crippen LogP contribution in [0, 0.1) is 0 Å². The Morgan fingerprint density at radius 2 is 1.46 bits per heavy atom. The molecule has 0 radical (unpaired) electrons. The second-order valence-electron chi connectivity index (χ2n) is 7.88. The molecule has 1 aliphatic heterocycles. The van der Waals surface area contributed by atoms with E-state index < -0.39 is 12.0 Å². The minimum Gasteiger partial charge on any atom is -0.480 e. The summed E-state index contributed by atoms with van der Waals surface area (Å²) in [5, 5.41) is 9.10. The summed E-state index contributed by atoms with van der Waals surface area (Å²) in [4.78, 5) is 36.0. The molecule has 0 aromatic rings. The molecular formula is C23H39NO4. The molecule has 0 aliphatic carbocycles. The second kappa shape index (κ2) is 15.3. The van der Waals surface area contributed by atoms with E-state index in [0.717, 1.165) is 37.0 Å². The fourth-order valence-corrected chi connectivity index (χ4v) is 3.70. The van der Waals surface area contributed by atoms with E-state index in [0.29, 0.717) is 0 Å². The second-order valence-corrected chi connectivity index (χ2v) is 7.88. The lowest BCUT2D eigenvalue weighted by atomic mass is 10.1. The van der Waals surface area contributed by atoms with E-state index in [1.165, 1.54) is 51.4 Å². The zero-order chi connectivity index (χ0) is 20.6. The molecule has 0 unspecified atom stereocenters. The Hall–Kier alpha value is -1.65. The van der Waals surface area contributed by atoms with Crippen LogP contribution in [0.4, 0.5) is 0 Å². The van der Waals surface area contributed by atoms with E-state index in [4.69, 9.17) is 5.11 Å². The lowest BCUT2D eigenvalue weighted by Crippen LogP contribution is -2.42. The van der Waals surface area contributed by atoms with Gasteiger partial charge in [0, 0.05) is 12.8 Å². The van der Waals surface area contributed by atoms with Crippen LogP contribution in [0.15, 0.2) is 12.2 Å². The maximum absolute atomic E-state index is 12.1. The average Bonchev–Trinajstić information content (AvgIpc) is 3.06. The molecule has 5 heteroatoms. The summed E-state index contributed by atoms with van der Waals surface area (Å²) in [5.41, 5.74) is 0. The molecule has 0 aromatic heterocycles. The maximum atomic E-state index is 12.1. The summed E-state index contributed by atoms with van der Waals surface area (Å²) < 4.78 is 0. The molecule has 2 amide bonds. The molecule has 160 valence electrons. The smallest absolute Gasteiger partial charge is 0.326 e. The fourth-order valence-electron chi connectivity index (χ4n) is 3.70. The van der Waals surface area contributed by atoms with Gasteiger partial charge >= 0.3 is 5.97 Å². The Kier molecular flexibility index (Phi) is 13.3. The topological polar surface area (TPSA) is 74.7 Å². The van der Waals surface area contributed by atoms with E-state index in [-0.39, 0.29) is 31.1 Å². The molecule has 1 rings (SSSR count). The van der Waals surface area contributed by atoms with Gasteiger partial charge in [-0.2, -0.15) is 0 Å². The third kappa shape index (κ3) is 10.0. The molecule has 0 spiro atoms. The largest absolute Gasteiger partial charge is 0.480 e. The number of amides is 2. The number of unbranched alkanes of at least 4 members (excludes halogenated alkanes) is 11. The van der Waals surface area contributed by atoms with Crippen molar-refractivity contribution in [2.45, 2.75) is 116 Å². The molecule has 28 heavy (non-hydrogen) atoms. The third-order valence-corrected chi connectivity index (χ3v) is 5.42. The van der Waals surface area contributed by atoms with Gasteiger partial charge in [0.25, 0.3) is 0 Å². The van der Waals surface area contributed by atoms with Crippen LogP contribution in [0.2, 0.25) is 0 Å². The number of rotatable bonds is 16. The summed E-state index contributed by atoms with van der Waals surface area (Å²) in [7, 11) is 0. The molecule has 1 fully saturated rings. The molecule has 1 saturated heterocycles. The van der Waals surface area contributed by atoms with Crippen LogP contribution < -0.4 is 0 Å². The van der Waals surface area contributed by atoms with Crippen LogP contribution in [-0.2, 0) is 14.4 Å². The van der Waals surface area contributed by atoms with Crippen molar-refractivity contribution in [3.05, 3.63) is 12.2 Å². The number of allylic oxidation sites excluding steroid dienone is 2. The standard InChI is InChI=1S/C23H39NO4/c1-2-3-4-5-6-7-8-9-10-11-12-13-14-15-16-17-21(25)24-20(23(27)28)18-19-22(24)26/h9-10,20H,2-8,11-19H2,1H3,(H,27,28)/b10-9-/t20-/m0/s1. The minimum absolute atomic E-state index is 0.162. The first kappa shape index (κ1) is 24.4. The van der Waals surface area contributed by atoms with Gasteiger partial charge in [-0.05, 0) is 38.5 Å². The van der Waals surface area contributed by atoms with Crippen molar-refractivity contribution in [3.63, 3.8) is 0 Å². The van der Waals surface area contributed by atoms with Crippen molar-refractivity contribution in [1.82, 2.24) is 4.90 Å². The number of carboxylic acids is 1. The van der Waals surface area contributed by atoms with Crippen LogP contribution in [-0.4, -0.2) is 33.8 Å². The highest BCUT2D eigenvalue weighted by molar-refractivity contribution is 6.01. The van der Waals surface area contributed by atoms with Crippen molar-refractivity contribution in [2.24, 2.45) is 0 Å². The van der Waals surface area contributed by atoms with E-state index in [2.05, 4.69) is 19.1 Å². The number of hydrogen-bond donors (Lipinski definition) is 1. The van der Waals surface area contributed by atoms with Crippen molar-refractivity contribution in [2.75, 3.05) is 0 Å². The van der Waals surface area contributed by atoms with Gasteiger partial charge in [-0.1, -0.05) is 70.4 Å². The first-order valence-electron chi connectivity index (χ1n) is 11.3. The van der Waals surface area contributed by atoms with E-state index in [1.54, 1.807) is 0 Å². The van der Waals surface area contributed by atoms with Crippen molar-refractivity contribution in [3.8, 4) is 0 Å². The average molecular weight is 394 g/mol. The van der Waals surface area contributed by atoms with Gasteiger partial charge in [-0.25, -0.2) is 4.79 Å². The molecule has 1 atom stereocenters. The van der Waals surface area contributed by atoms with Crippen LogP contribution in [0.5, 0.6) is 0 Å². The first-order chi connectivity index (χ1) is 13.6. The van der Waals surface area contributed by atoms with Gasteiger partial charge in [0.15, 0.2) is 0 Å². The number of aliphatic carboxylic acids is 1. The van der Waals surface area contributed by atoms with E-state index >= 15 is 0 Å². The Morgan fingerprint density at radius 1 is 0.929 bits per heavy atom. The van der Waals surface area contributed by atoms with Crippen molar-refractivity contribution in [1.29, 1.82) is 0 Å². The van der Waals surface area contributed by atoms with Crippen molar-refractivity contribution < 1.29 is 19.5 Å². The molecule has 1 N–H and O–H groups in total. The number of nitrogens with zero attached hydrogens (tertiary/aromatic N) is 1. The number of likely N-dealkylation sites (tertiary alicyclic amines) is 1. The summed E-state index contributed by atoms with van der Waals surface area (Å²) in [6.45, 7) is 2.25. The van der Waals surface area contributed by atoms with Gasteiger partial charge in [-0.15, -0.1) is 0 Å². The summed E-state index contributed by atoms with van der Waals surface area (Å²) in [6, 6.07) is -0.955. The Morgan fingerprint density at radius 3 is 2.04 bits per heavy atom. The van der Waals surface area contributed by atoms with E-state index in [9.17, 15) is 14.4 Å². The van der Waals surface area contributed by atoms with Gasteiger partial charge < -0.3 is 5.11 Å². The SMILES string of the molecule is CCCCCCCC/C=C\CCCCCCCC(=O)N1C(=O)CC[C@H]1C(=O)O. The molecular weight excluding hydrogens is 354 g/mol. The lowest BCUT2D eigenvalue weighted by Gasteiger charge is -2.19.